The molecule has 0 aliphatic rings. The number of amides is 1. The van der Waals surface area contributed by atoms with Crippen LogP contribution in [0.4, 0.5) is 10.4 Å². The number of hydrogen-bond acceptors (Lipinski definition) is 3. The second-order valence-corrected chi connectivity index (χ2v) is 4.23. The first-order valence-corrected chi connectivity index (χ1v) is 5.54. The summed E-state index contributed by atoms with van der Waals surface area (Å²) < 4.78 is 18.2. The summed E-state index contributed by atoms with van der Waals surface area (Å²) in [5.41, 5.74) is 0.981. The molecule has 0 aliphatic heterocycles. The number of rotatable bonds is 2. The van der Waals surface area contributed by atoms with Crippen molar-refractivity contribution in [2.45, 2.75) is 6.92 Å². The monoisotopic (exact) mass is 298 g/mol. The molecular formula is C11H8BrFN2O2. The fourth-order valence-electron chi connectivity index (χ4n) is 1.22. The number of hydrogen-bond donors (Lipinski definition) is 1. The molecule has 0 fully saturated rings. The maximum atomic E-state index is 13.0. The van der Waals surface area contributed by atoms with Gasteiger partial charge in [0.2, 0.25) is 0 Å². The molecule has 0 saturated heterocycles. The first-order valence-electron chi connectivity index (χ1n) is 4.75. The van der Waals surface area contributed by atoms with Gasteiger partial charge in [-0.05, 0) is 41.1 Å². The SMILES string of the molecule is Cc1coc(NC(=O)c2ccc(F)c(Br)c2)n1. The minimum Gasteiger partial charge on any atom is -0.432 e. The quantitative estimate of drug-likeness (QED) is 0.927. The molecule has 0 unspecified atom stereocenters. The van der Waals surface area contributed by atoms with E-state index in [0.717, 1.165) is 0 Å². The van der Waals surface area contributed by atoms with Crippen molar-refractivity contribution in [3.63, 3.8) is 0 Å². The van der Waals surface area contributed by atoms with Crippen molar-refractivity contribution < 1.29 is 13.6 Å². The molecule has 0 saturated carbocycles. The van der Waals surface area contributed by atoms with Crippen LogP contribution in [-0.4, -0.2) is 10.9 Å². The van der Waals surface area contributed by atoms with Gasteiger partial charge in [0, 0.05) is 5.56 Å². The number of benzene rings is 1. The number of halogens is 2. The van der Waals surface area contributed by atoms with Gasteiger partial charge < -0.3 is 4.42 Å². The van der Waals surface area contributed by atoms with Crippen molar-refractivity contribution in [3.8, 4) is 0 Å². The lowest BCUT2D eigenvalue weighted by molar-refractivity contribution is 0.102. The lowest BCUT2D eigenvalue weighted by atomic mass is 10.2. The number of oxazole rings is 1. The van der Waals surface area contributed by atoms with Crippen molar-refractivity contribution in [2.75, 3.05) is 5.32 Å². The van der Waals surface area contributed by atoms with Crippen LogP contribution in [0.15, 0.2) is 33.4 Å². The molecule has 17 heavy (non-hydrogen) atoms. The van der Waals surface area contributed by atoms with E-state index in [0.29, 0.717) is 11.3 Å². The Morgan fingerprint density at radius 3 is 2.88 bits per heavy atom. The molecule has 0 atom stereocenters. The predicted molar refractivity (Wildman–Crippen MR) is 63.3 cm³/mol. The highest BCUT2D eigenvalue weighted by molar-refractivity contribution is 9.10. The summed E-state index contributed by atoms with van der Waals surface area (Å²) in [6.45, 7) is 1.74. The zero-order valence-corrected chi connectivity index (χ0v) is 10.4. The van der Waals surface area contributed by atoms with Crippen LogP contribution in [-0.2, 0) is 0 Å². The highest BCUT2D eigenvalue weighted by Crippen LogP contribution is 2.17. The highest BCUT2D eigenvalue weighted by atomic mass is 79.9. The van der Waals surface area contributed by atoms with Gasteiger partial charge in [-0.3, -0.25) is 10.1 Å². The molecule has 2 rings (SSSR count). The second-order valence-electron chi connectivity index (χ2n) is 3.38. The fraction of sp³-hybridized carbons (Fsp3) is 0.0909. The molecule has 1 amide bonds. The van der Waals surface area contributed by atoms with Crippen LogP contribution in [0, 0.1) is 12.7 Å². The first-order chi connectivity index (χ1) is 8.06. The van der Waals surface area contributed by atoms with Crippen LogP contribution in [0.5, 0.6) is 0 Å². The molecule has 1 aromatic carbocycles. The van der Waals surface area contributed by atoms with Crippen LogP contribution >= 0.6 is 15.9 Å². The van der Waals surface area contributed by atoms with Gasteiger partial charge in [0.15, 0.2) is 0 Å². The van der Waals surface area contributed by atoms with Crippen molar-refractivity contribution in [1.82, 2.24) is 4.98 Å². The van der Waals surface area contributed by atoms with Gasteiger partial charge in [-0.1, -0.05) is 0 Å². The van der Waals surface area contributed by atoms with E-state index in [9.17, 15) is 9.18 Å². The Kier molecular flexibility index (Phi) is 3.23. The van der Waals surface area contributed by atoms with Crippen molar-refractivity contribution in [3.05, 3.63) is 46.0 Å². The Morgan fingerprint density at radius 1 is 1.53 bits per heavy atom. The van der Waals surface area contributed by atoms with Gasteiger partial charge in [0.1, 0.15) is 12.1 Å². The van der Waals surface area contributed by atoms with Crippen LogP contribution in [0.1, 0.15) is 16.1 Å². The number of nitrogens with zero attached hydrogens (tertiary/aromatic N) is 1. The van der Waals surface area contributed by atoms with E-state index >= 15 is 0 Å². The Bertz CT molecular complexity index is 568. The van der Waals surface area contributed by atoms with Gasteiger partial charge in [-0.25, -0.2) is 4.39 Å². The maximum absolute atomic E-state index is 13.0. The third kappa shape index (κ3) is 2.71. The summed E-state index contributed by atoms with van der Waals surface area (Å²) in [5.74, 6) is -0.832. The Balaban J connectivity index is 2.17. The number of anilines is 1. The number of aryl methyl sites for hydroxylation is 1. The second kappa shape index (κ2) is 4.67. The van der Waals surface area contributed by atoms with Gasteiger partial charge in [0.05, 0.1) is 10.2 Å². The predicted octanol–water partition coefficient (Wildman–Crippen LogP) is 3.14. The molecule has 2 aromatic rings. The number of carbonyl (C=O) groups excluding carboxylic acids is 1. The molecule has 0 spiro atoms. The van der Waals surface area contributed by atoms with Crippen LogP contribution in [0.25, 0.3) is 0 Å². The summed E-state index contributed by atoms with van der Waals surface area (Å²) in [7, 11) is 0. The van der Waals surface area contributed by atoms with E-state index in [-0.39, 0.29) is 10.5 Å². The Hall–Kier alpha value is -1.69. The zero-order valence-electron chi connectivity index (χ0n) is 8.83. The van der Waals surface area contributed by atoms with Crippen LogP contribution < -0.4 is 5.32 Å². The molecule has 0 bridgehead atoms. The topological polar surface area (TPSA) is 55.1 Å². The van der Waals surface area contributed by atoms with E-state index in [1.807, 2.05) is 0 Å². The lowest BCUT2D eigenvalue weighted by Gasteiger charge is -2.01. The minimum atomic E-state index is -0.423. The Labute approximate surface area is 105 Å². The van der Waals surface area contributed by atoms with Gasteiger partial charge in [-0.2, -0.15) is 4.98 Å². The van der Waals surface area contributed by atoms with E-state index in [1.165, 1.54) is 24.5 Å². The minimum absolute atomic E-state index is 0.118. The van der Waals surface area contributed by atoms with E-state index < -0.39 is 11.7 Å². The largest absolute Gasteiger partial charge is 0.432 e. The Morgan fingerprint density at radius 2 is 2.29 bits per heavy atom. The molecule has 0 radical (unpaired) electrons. The molecule has 4 nitrogen and oxygen atoms in total. The van der Waals surface area contributed by atoms with Gasteiger partial charge >= 0.3 is 6.01 Å². The average molecular weight is 299 g/mol. The van der Waals surface area contributed by atoms with Crippen molar-refractivity contribution in [1.29, 1.82) is 0 Å². The normalized spacial score (nSPS) is 10.3. The van der Waals surface area contributed by atoms with Gasteiger partial charge in [0.25, 0.3) is 5.91 Å². The number of aromatic nitrogens is 1. The van der Waals surface area contributed by atoms with Crippen LogP contribution in [0.2, 0.25) is 0 Å². The molecule has 88 valence electrons. The molecule has 0 aliphatic carbocycles. The van der Waals surface area contributed by atoms with Crippen molar-refractivity contribution >= 4 is 27.9 Å². The third-order valence-corrected chi connectivity index (χ3v) is 2.63. The number of carbonyl (C=O) groups is 1. The third-order valence-electron chi connectivity index (χ3n) is 2.02. The summed E-state index contributed by atoms with van der Waals surface area (Å²) in [5, 5.41) is 2.47. The van der Waals surface area contributed by atoms with E-state index in [2.05, 4.69) is 26.2 Å². The smallest absolute Gasteiger partial charge is 0.301 e. The summed E-state index contributed by atoms with van der Waals surface area (Å²) in [6, 6.07) is 4.10. The zero-order chi connectivity index (χ0) is 12.4. The van der Waals surface area contributed by atoms with Crippen LogP contribution in [0.3, 0.4) is 0 Å². The first kappa shape index (κ1) is 11.8. The molecular weight excluding hydrogens is 291 g/mol. The average Bonchev–Trinajstić information content (AvgIpc) is 2.68. The van der Waals surface area contributed by atoms with Crippen molar-refractivity contribution in [2.24, 2.45) is 0 Å². The summed E-state index contributed by atoms with van der Waals surface area (Å²) in [6.07, 6.45) is 1.43. The summed E-state index contributed by atoms with van der Waals surface area (Å²) in [4.78, 5) is 15.7. The molecule has 6 heteroatoms. The van der Waals surface area contributed by atoms with E-state index in [4.69, 9.17) is 4.42 Å². The van der Waals surface area contributed by atoms with Gasteiger partial charge in [-0.15, -0.1) is 0 Å². The lowest BCUT2D eigenvalue weighted by Crippen LogP contribution is -2.12. The standard InChI is InChI=1S/C11H8BrFN2O2/c1-6-5-17-11(14-6)15-10(16)7-2-3-9(13)8(12)4-7/h2-5H,1H3,(H,14,15,16). The highest BCUT2D eigenvalue weighted by Gasteiger charge is 2.11. The van der Waals surface area contributed by atoms with E-state index in [1.54, 1.807) is 6.92 Å². The summed E-state index contributed by atoms with van der Waals surface area (Å²) >= 11 is 3.01. The fourth-order valence-corrected chi connectivity index (χ4v) is 1.60. The molecule has 1 N–H and O–H groups in total. The maximum Gasteiger partial charge on any atom is 0.301 e. The molecule has 1 aromatic heterocycles. The number of nitrogens with one attached hydrogen (secondary N) is 1. The molecule has 1 heterocycles.